The number of amides is 1. The monoisotopic (exact) mass is 340 g/mol. The van der Waals surface area contributed by atoms with Gasteiger partial charge in [0.2, 0.25) is 5.91 Å². The van der Waals surface area contributed by atoms with Gasteiger partial charge in [0.05, 0.1) is 19.4 Å². The minimum atomic E-state index is -3.05. The number of rotatable bonds is 8. The molecule has 0 radical (unpaired) electrons. The molecule has 128 valence electrons. The molecule has 0 fully saturated rings. The average molecular weight is 340 g/mol. The third kappa shape index (κ3) is 4.64. The van der Waals surface area contributed by atoms with Gasteiger partial charge in [-0.3, -0.25) is 9.36 Å². The van der Waals surface area contributed by atoms with Gasteiger partial charge < -0.3 is 20.1 Å². The first-order chi connectivity index (χ1) is 11.0. The van der Waals surface area contributed by atoms with Crippen LogP contribution in [0.5, 0.6) is 0 Å². The van der Waals surface area contributed by atoms with Crippen LogP contribution in [0.4, 0.5) is 0 Å². The molecule has 1 aromatic rings. The highest BCUT2D eigenvalue weighted by Gasteiger charge is 2.26. The van der Waals surface area contributed by atoms with Gasteiger partial charge in [-0.2, -0.15) is 0 Å². The maximum atomic E-state index is 12.5. The topological polar surface area (TPSA) is 90.7 Å². The number of hydrogen-bond acceptors (Lipinski definition) is 5. The highest BCUT2D eigenvalue weighted by atomic mass is 31.2. The van der Waals surface area contributed by atoms with Crippen LogP contribution in [0.15, 0.2) is 18.2 Å². The number of carbonyl (C=O) groups excluding carboxylic acids is 1. The van der Waals surface area contributed by atoms with E-state index < -0.39 is 13.6 Å². The van der Waals surface area contributed by atoms with Gasteiger partial charge in [-0.25, -0.2) is 0 Å². The van der Waals surface area contributed by atoms with Gasteiger partial charge in [0.25, 0.3) is 0 Å². The maximum Gasteiger partial charge on any atom is 0.330 e. The van der Waals surface area contributed by atoms with Gasteiger partial charge in [0.1, 0.15) is 6.04 Å². The van der Waals surface area contributed by atoms with Crippen molar-refractivity contribution < 1.29 is 18.4 Å². The molecule has 7 heteroatoms. The number of aryl methyl sites for hydroxylation is 1. The number of primary amides is 1. The molecule has 1 atom stereocenters. The Hall–Kier alpha value is -1.20. The minimum absolute atomic E-state index is 0.322. The minimum Gasteiger partial charge on any atom is -0.368 e. The molecule has 1 aliphatic heterocycles. The third-order valence-corrected chi connectivity index (χ3v) is 5.95. The van der Waals surface area contributed by atoms with Crippen molar-refractivity contribution in [3.8, 4) is 0 Å². The Bertz CT molecular complexity index is 596. The first-order valence-corrected chi connectivity index (χ1v) is 9.74. The van der Waals surface area contributed by atoms with Crippen molar-refractivity contribution in [1.29, 1.82) is 0 Å². The van der Waals surface area contributed by atoms with Crippen molar-refractivity contribution >= 4 is 13.5 Å². The summed E-state index contributed by atoms with van der Waals surface area (Å²) < 4.78 is 23.1. The molecule has 0 bridgehead atoms. The van der Waals surface area contributed by atoms with Crippen LogP contribution in [0.1, 0.15) is 36.6 Å². The van der Waals surface area contributed by atoms with E-state index in [9.17, 15) is 9.36 Å². The largest absolute Gasteiger partial charge is 0.368 e. The molecule has 0 saturated carbocycles. The molecule has 3 N–H and O–H groups in total. The van der Waals surface area contributed by atoms with Gasteiger partial charge in [0, 0.05) is 6.54 Å². The van der Waals surface area contributed by atoms with E-state index in [4.69, 9.17) is 14.8 Å². The molecular weight excluding hydrogens is 315 g/mol. The van der Waals surface area contributed by atoms with Crippen LogP contribution in [0, 0.1) is 0 Å². The first-order valence-electron chi connectivity index (χ1n) is 8.01. The fraction of sp³-hybridized carbons (Fsp3) is 0.562. The molecule has 1 aliphatic rings. The number of benzene rings is 1. The van der Waals surface area contributed by atoms with Crippen LogP contribution in [0.3, 0.4) is 0 Å². The number of carbonyl (C=O) groups is 1. The van der Waals surface area contributed by atoms with Gasteiger partial charge in [-0.05, 0) is 43.4 Å². The van der Waals surface area contributed by atoms with Crippen molar-refractivity contribution in [2.45, 2.75) is 32.7 Å². The summed E-state index contributed by atoms with van der Waals surface area (Å²) in [7, 11) is -3.05. The zero-order valence-electron chi connectivity index (χ0n) is 13.7. The number of nitrogens with one attached hydrogen (secondary N) is 1. The smallest absolute Gasteiger partial charge is 0.330 e. The Balaban J connectivity index is 2.14. The molecule has 0 aromatic heterocycles. The summed E-state index contributed by atoms with van der Waals surface area (Å²) in [5.74, 6) is -0.377. The summed E-state index contributed by atoms with van der Waals surface area (Å²) in [5, 5.41) is 3.14. The fourth-order valence-corrected chi connectivity index (χ4v) is 4.49. The van der Waals surface area contributed by atoms with E-state index in [1.807, 2.05) is 18.2 Å². The predicted molar refractivity (Wildman–Crippen MR) is 89.5 cm³/mol. The Kier molecular flexibility index (Phi) is 6.36. The summed E-state index contributed by atoms with van der Waals surface area (Å²) in [6.07, 6.45) is 1.76. The molecule has 1 amide bonds. The molecule has 1 heterocycles. The molecule has 1 aromatic carbocycles. The maximum absolute atomic E-state index is 12.5. The van der Waals surface area contributed by atoms with Gasteiger partial charge in [-0.15, -0.1) is 0 Å². The van der Waals surface area contributed by atoms with Gasteiger partial charge in [0.15, 0.2) is 0 Å². The Morgan fingerprint density at radius 3 is 2.65 bits per heavy atom. The normalized spacial score (nSPS) is 17.7. The van der Waals surface area contributed by atoms with E-state index in [2.05, 4.69) is 5.32 Å². The van der Waals surface area contributed by atoms with E-state index in [-0.39, 0.29) is 5.91 Å². The lowest BCUT2D eigenvalue weighted by Gasteiger charge is -2.25. The molecule has 0 spiro atoms. The quantitative estimate of drug-likeness (QED) is 0.708. The number of nitrogens with two attached hydrogens (primary N) is 1. The highest BCUT2D eigenvalue weighted by Crippen LogP contribution is 2.48. The van der Waals surface area contributed by atoms with Gasteiger partial charge in [-0.1, -0.05) is 18.2 Å². The lowest BCUT2D eigenvalue weighted by atomic mass is 9.91. The molecule has 0 aliphatic carbocycles. The van der Waals surface area contributed by atoms with Crippen LogP contribution in [0.2, 0.25) is 0 Å². The van der Waals surface area contributed by atoms with E-state index in [1.54, 1.807) is 13.8 Å². The second-order valence-electron chi connectivity index (χ2n) is 5.49. The first kappa shape index (κ1) is 18.1. The Labute approximate surface area is 137 Å². The predicted octanol–water partition coefficient (Wildman–Crippen LogP) is 2.17. The summed E-state index contributed by atoms with van der Waals surface area (Å²) in [6.45, 7) is 5.05. The SMILES string of the molecule is CCOP(=O)(CCc1ccc2c(c1)C(C(N)=O)NCC2)OCC. The van der Waals surface area contributed by atoms with E-state index in [1.165, 1.54) is 0 Å². The summed E-state index contributed by atoms with van der Waals surface area (Å²) in [5.41, 5.74) is 8.52. The zero-order valence-corrected chi connectivity index (χ0v) is 14.6. The average Bonchev–Trinajstić information content (AvgIpc) is 2.52. The van der Waals surface area contributed by atoms with Crippen molar-refractivity contribution in [2.75, 3.05) is 25.9 Å². The van der Waals surface area contributed by atoms with Gasteiger partial charge >= 0.3 is 7.60 Å². The molecule has 1 unspecified atom stereocenters. The van der Waals surface area contributed by atoms with Crippen LogP contribution in [-0.4, -0.2) is 31.8 Å². The number of fused-ring (bicyclic) bond motifs is 1. The summed E-state index contributed by atoms with van der Waals surface area (Å²) in [6, 6.07) is 5.54. The lowest BCUT2D eigenvalue weighted by Crippen LogP contribution is -2.38. The number of hydrogen-bond donors (Lipinski definition) is 2. The third-order valence-electron chi connectivity index (χ3n) is 3.87. The molecule has 23 heavy (non-hydrogen) atoms. The Morgan fingerprint density at radius 1 is 1.35 bits per heavy atom. The highest BCUT2D eigenvalue weighted by molar-refractivity contribution is 7.53. The van der Waals surface area contributed by atoms with Crippen LogP contribution < -0.4 is 11.1 Å². The molecule has 6 nitrogen and oxygen atoms in total. The van der Waals surface area contributed by atoms with Crippen molar-refractivity contribution in [2.24, 2.45) is 5.73 Å². The fourth-order valence-electron chi connectivity index (χ4n) is 2.84. The molecule has 0 saturated heterocycles. The second kappa shape index (κ2) is 8.06. The van der Waals surface area contributed by atoms with Crippen LogP contribution >= 0.6 is 7.60 Å². The van der Waals surface area contributed by atoms with Crippen molar-refractivity contribution in [1.82, 2.24) is 5.32 Å². The summed E-state index contributed by atoms with van der Waals surface area (Å²) >= 11 is 0. The van der Waals surface area contributed by atoms with Crippen LogP contribution in [-0.2, 0) is 31.2 Å². The van der Waals surface area contributed by atoms with Crippen molar-refractivity contribution in [3.05, 3.63) is 34.9 Å². The zero-order chi connectivity index (χ0) is 16.9. The standard InChI is InChI=1S/C16H25N2O4P/c1-3-21-23(20,22-4-2)10-8-12-5-6-13-7-9-18-15(16(17)19)14(13)11-12/h5-6,11,15,18H,3-4,7-10H2,1-2H3,(H2,17,19). The van der Waals surface area contributed by atoms with E-state index in [0.717, 1.165) is 29.7 Å². The lowest BCUT2D eigenvalue weighted by molar-refractivity contribution is -0.120. The molecule has 2 rings (SSSR count). The van der Waals surface area contributed by atoms with Crippen LogP contribution in [0.25, 0.3) is 0 Å². The van der Waals surface area contributed by atoms with E-state index >= 15 is 0 Å². The summed E-state index contributed by atoms with van der Waals surface area (Å²) in [4.78, 5) is 11.6. The Morgan fingerprint density at radius 2 is 2.04 bits per heavy atom. The molecular formula is C16H25N2O4P. The van der Waals surface area contributed by atoms with E-state index in [0.29, 0.717) is 25.8 Å². The second-order valence-corrected chi connectivity index (χ2v) is 7.68. The van der Waals surface area contributed by atoms with Crippen molar-refractivity contribution in [3.63, 3.8) is 0 Å².